The average Bonchev–Trinajstić information content (AvgIpc) is 3.13. The van der Waals surface area contributed by atoms with E-state index in [1.165, 1.54) is 19.0 Å². The van der Waals surface area contributed by atoms with Crippen molar-refractivity contribution in [1.82, 2.24) is 10.3 Å². The molecule has 17 heavy (non-hydrogen) atoms. The Hall–Kier alpha value is -0.940. The van der Waals surface area contributed by atoms with E-state index in [1.807, 2.05) is 6.92 Å². The maximum absolute atomic E-state index is 12.0. The molecule has 2 rings (SSSR count). The summed E-state index contributed by atoms with van der Waals surface area (Å²) in [5.41, 5.74) is 0.959. The molecule has 0 spiro atoms. The Morgan fingerprint density at radius 1 is 1.41 bits per heavy atom. The summed E-state index contributed by atoms with van der Waals surface area (Å²) in [7, 11) is -3.19. The third-order valence-corrected chi connectivity index (χ3v) is 4.60. The Morgan fingerprint density at radius 3 is 2.82 bits per heavy atom. The smallest absolute Gasteiger partial charge is 0.181 e. The second-order valence-electron chi connectivity index (χ2n) is 4.43. The zero-order chi connectivity index (χ0) is 12.3. The van der Waals surface area contributed by atoms with E-state index in [9.17, 15) is 8.42 Å². The summed E-state index contributed by atoms with van der Waals surface area (Å²) in [6, 6.07) is 2.27. The summed E-state index contributed by atoms with van der Waals surface area (Å²) >= 11 is 0. The van der Waals surface area contributed by atoms with Gasteiger partial charge in [-0.2, -0.15) is 0 Å². The molecule has 1 aliphatic rings. The highest BCUT2D eigenvalue weighted by Crippen LogP contribution is 2.18. The lowest BCUT2D eigenvalue weighted by Crippen LogP contribution is -2.24. The number of pyridine rings is 1. The molecular weight excluding hydrogens is 236 g/mol. The first-order valence-electron chi connectivity index (χ1n) is 6.02. The third kappa shape index (κ3) is 3.51. The van der Waals surface area contributed by atoms with Gasteiger partial charge in [-0.3, -0.25) is 4.98 Å². The predicted octanol–water partition coefficient (Wildman–Crippen LogP) is 1.17. The first-order valence-corrected chi connectivity index (χ1v) is 7.67. The van der Waals surface area contributed by atoms with E-state index in [-0.39, 0.29) is 5.75 Å². The zero-order valence-electron chi connectivity index (χ0n) is 10.0. The standard InChI is InChI=1S/C12H18N2O2S/c1-2-10-7-12(9-13-8-10)17(15,16)6-5-14-11-3-4-11/h7-9,11,14H,2-6H2,1H3. The second kappa shape index (κ2) is 5.14. The highest BCUT2D eigenvalue weighted by Gasteiger charge is 2.22. The van der Waals surface area contributed by atoms with Gasteiger partial charge in [0.25, 0.3) is 0 Å². The number of aryl methyl sites for hydroxylation is 1. The highest BCUT2D eigenvalue weighted by molar-refractivity contribution is 7.91. The van der Waals surface area contributed by atoms with Crippen LogP contribution in [0.15, 0.2) is 23.4 Å². The van der Waals surface area contributed by atoms with E-state index in [2.05, 4.69) is 10.3 Å². The fourth-order valence-corrected chi connectivity index (χ4v) is 2.80. The Labute approximate surface area is 102 Å². The van der Waals surface area contributed by atoms with Gasteiger partial charge in [-0.25, -0.2) is 8.42 Å². The topological polar surface area (TPSA) is 59.1 Å². The minimum Gasteiger partial charge on any atom is -0.313 e. The van der Waals surface area contributed by atoms with Gasteiger partial charge in [0, 0.05) is 25.0 Å². The van der Waals surface area contributed by atoms with Crippen LogP contribution in [0, 0.1) is 0 Å². The van der Waals surface area contributed by atoms with Crippen molar-refractivity contribution >= 4 is 9.84 Å². The van der Waals surface area contributed by atoms with E-state index in [0.29, 0.717) is 17.5 Å². The molecule has 1 saturated carbocycles. The minimum absolute atomic E-state index is 0.151. The Balaban J connectivity index is 2.01. The molecule has 5 heteroatoms. The van der Waals surface area contributed by atoms with E-state index >= 15 is 0 Å². The van der Waals surface area contributed by atoms with E-state index in [0.717, 1.165) is 12.0 Å². The highest BCUT2D eigenvalue weighted by atomic mass is 32.2. The first-order chi connectivity index (χ1) is 8.12. The number of hydrogen-bond acceptors (Lipinski definition) is 4. The van der Waals surface area contributed by atoms with Gasteiger partial charge >= 0.3 is 0 Å². The Bertz CT molecular complexity index is 481. The van der Waals surface area contributed by atoms with Crippen molar-refractivity contribution in [2.75, 3.05) is 12.3 Å². The van der Waals surface area contributed by atoms with Gasteiger partial charge in [-0.05, 0) is 30.9 Å². The molecule has 1 aromatic rings. The lowest BCUT2D eigenvalue weighted by Gasteiger charge is -2.06. The van der Waals surface area contributed by atoms with Crippen molar-refractivity contribution in [2.45, 2.75) is 37.1 Å². The van der Waals surface area contributed by atoms with Crippen LogP contribution < -0.4 is 5.32 Å². The maximum Gasteiger partial charge on any atom is 0.181 e. The molecule has 1 N–H and O–H groups in total. The fourth-order valence-electron chi connectivity index (χ4n) is 1.63. The zero-order valence-corrected chi connectivity index (χ0v) is 10.8. The number of nitrogens with zero attached hydrogens (tertiary/aromatic N) is 1. The van der Waals surface area contributed by atoms with Gasteiger partial charge in [-0.15, -0.1) is 0 Å². The van der Waals surface area contributed by atoms with Crippen LogP contribution in [0.3, 0.4) is 0 Å². The molecule has 0 aromatic carbocycles. The lowest BCUT2D eigenvalue weighted by molar-refractivity contribution is 0.590. The van der Waals surface area contributed by atoms with Crippen LogP contribution in [0.2, 0.25) is 0 Å². The molecular formula is C12H18N2O2S. The molecule has 0 atom stereocenters. The summed E-state index contributed by atoms with van der Waals surface area (Å²) in [5.74, 6) is 0.151. The minimum atomic E-state index is -3.19. The van der Waals surface area contributed by atoms with Gasteiger partial charge in [0.15, 0.2) is 9.84 Å². The average molecular weight is 254 g/mol. The normalized spacial score (nSPS) is 16.1. The summed E-state index contributed by atoms with van der Waals surface area (Å²) in [6.07, 6.45) is 6.30. The SMILES string of the molecule is CCc1cncc(S(=O)(=O)CCNC2CC2)c1. The van der Waals surface area contributed by atoms with E-state index in [1.54, 1.807) is 12.3 Å². The molecule has 1 aliphatic carbocycles. The number of aromatic nitrogens is 1. The fraction of sp³-hybridized carbons (Fsp3) is 0.583. The summed E-state index contributed by atoms with van der Waals surface area (Å²) in [6.45, 7) is 2.52. The van der Waals surface area contributed by atoms with Crippen LogP contribution in [0.25, 0.3) is 0 Å². The van der Waals surface area contributed by atoms with E-state index in [4.69, 9.17) is 0 Å². The van der Waals surface area contributed by atoms with Crippen LogP contribution >= 0.6 is 0 Å². The molecule has 0 aliphatic heterocycles. The van der Waals surface area contributed by atoms with Gasteiger partial charge in [0.05, 0.1) is 10.6 Å². The molecule has 0 radical (unpaired) electrons. The van der Waals surface area contributed by atoms with Crippen molar-refractivity contribution in [3.63, 3.8) is 0 Å². The second-order valence-corrected chi connectivity index (χ2v) is 6.54. The number of sulfone groups is 1. The Morgan fingerprint density at radius 2 is 2.18 bits per heavy atom. The predicted molar refractivity (Wildman–Crippen MR) is 66.7 cm³/mol. The van der Waals surface area contributed by atoms with Crippen LogP contribution in [0.5, 0.6) is 0 Å². The maximum atomic E-state index is 12.0. The molecule has 4 nitrogen and oxygen atoms in total. The van der Waals surface area contributed by atoms with Crippen LogP contribution in [-0.2, 0) is 16.3 Å². The molecule has 0 saturated heterocycles. The summed E-state index contributed by atoms with van der Waals surface area (Å²) in [5, 5.41) is 3.21. The lowest BCUT2D eigenvalue weighted by atomic mass is 10.2. The molecule has 1 heterocycles. The molecule has 0 unspecified atom stereocenters. The molecule has 94 valence electrons. The molecule has 0 bridgehead atoms. The van der Waals surface area contributed by atoms with Crippen LogP contribution in [0.1, 0.15) is 25.3 Å². The number of rotatable bonds is 6. The number of nitrogens with one attached hydrogen (secondary N) is 1. The van der Waals surface area contributed by atoms with Crippen molar-refractivity contribution < 1.29 is 8.42 Å². The number of hydrogen-bond donors (Lipinski definition) is 1. The third-order valence-electron chi connectivity index (χ3n) is 2.92. The van der Waals surface area contributed by atoms with Crippen LogP contribution in [-0.4, -0.2) is 31.7 Å². The quantitative estimate of drug-likeness (QED) is 0.828. The van der Waals surface area contributed by atoms with Gasteiger partial charge in [0.1, 0.15) is 0 Å². The molecule has 1 fully saturated rings. The van der Waals surface area contributed by atoms with Crippen molar-refractivity contribution in [1.29, 1.82) is 0 Å². The van der Waals surface area contributed by atoms with Gasteiger partial charge in [-0.1, -0.05) is 6.92 Å². The van der Waals surface area contributed by atoms with Crippen molar-refractivity contribution in [2.24, 2.45) is 0 Å². The molecule has 0 amide bonds. The molecule has 1 aromatic heterocycles. The van der Waals surface area contributed by atoms with E-state index < -0.39 is 9.84 Å². The van der Waals surface area contributed by atoms with Gasteiger partial charge in [0.2, 0.25) is 0 Å². The largest absolute Gasteiger partial charge is 0.313 e. The Kier molecular flexibility index (Phi) is 3.79. The monoisotopic (exact) mass is 254 g/mol. The van der Waals surface area contributed by atoms with Crippen LogP contribution in [0.4, 0.5) is 0 Å². The first kappa shape index (κ1) is 12.5. The van der Waals surface area contributed by atoms with Crippen molar-refractivity contribution in [3.8, 4) is 0 Å². The summed E-state index contributed by atoms with van der Waals surface area (Å²) in [4.78, 5) is 4.32. The summed E-state index contributed by atoms with van der Waals surface area (Å²) < 4.78 is 24.0. The van der Waals surface area contributed by atoms with Gasteiger partial charge < -0.3 is 5.32 Å². The van der Waals surface area contributed by atoms with Crippen molar-refractivity contribution in [3.05, 3.63) is 24.0 Å².